The molecule has 16 heavy (non-hydrogen) atoms. The minimum atomic E-state index is -0.223. The summed E-state index contributed by atoms with van der Waals surface area (Å²) in [5.41, 5.74) is 0. The lowest BCUT2D eigenvalue weighted by Gasteiger charge is -2.17. The van der Waals surface area contributed by atoms with Crippen LogP contribution in [0.15, 0.2) is 0 Å². The summed E-state index contributed by atoms with van der Waals surface area (Å²) in [7, 11) is 0. The maximum Gasteiger partial charge on any atom is 0.306 e. The number of hydrogen-bond donors (Lipinski definition) is 0. The van der Waals surface area contributed by atoms with Crippen molar-refractivity contribution in [3.8, 4) is 0 Å². The van der Waals surface area contributed by atoms with Crippen molar-refractivity contribution in [2.75, 3.05) is 0 Å². The van der Waals surface area contributed by atoms with Crippen LogP contribution in [-0.2, 0) is 14.3 Å². The van der Waals surface area contributed by atoms with E-state index in [1.807, 2.05) is 27.7 Å². The highest BCUT2D eigenvalue weighted by atomic mass is 16.5. The zero-order chi connectivity index (χ0) is 12.6. The molecule has 0 rings (SSSR count). The van der Waals surface area contributed by atoms with Gasteiger partial charge in [0.05, 0.1) is 0 Å². The van der Waals surface area contributed by atoms with Crippen molar-refractivity contribution in [1.82, 2.24) is 0 Å². The maximum atomic E-state index is 11.6. The Bertz CT molecular complexity index is 221. The van der Waals surface area contributed by atoms with Gasteiger partial charge in [-0.1, -0.05) is 34.1 Å². The van der Waals surface area contributed by atoms with Gasteiger partial charge in [0.1, 0.15) is 11.9 Å². The van der Waals surface area contributed by atoms with Crippen LogP contribution in [0.4, 0.5) is 0 Å². The Morgan fingerprint density at radius 2 is 1.75 bits per heavy atom. The average molecular weight is 228 g/mol. The van der Waals surface area contributed by atoms with E-state index >= 15 is 0 Å². The average Bonchev–Trinajstić information content (AvgIpc) is 2.17. The molecule has 0 saturated carbocycles. The molecule has 0 saturated heterocycles. The molecule has 0 aromatic rings. The van der Waals surface area contributed by atoms with Gasteiger partial charge in [-0.05, 0) is 12.8 Å². The van der Waals surface area contributed by atoms with Crippen molar-refractivity contribution < 1.29 is 14.3 Å². The monoisotopic (exact) mass is 228 g/mol. The third-order valence-electron chi connectivity index (χ3n) is 2.44. The molecule has 0 spiro atoms. The fraction of sp³-hybridized carbons (Fsp3) is 0.846. The predicted molar refractivity (Wildman–Crippen MR) is 64.2 cm³/mol. The largest absolute Gasteiger partial charge is 0.462 e. The van der Waals surface area contributed by atoms with Crippen molar-refractivity contribution in [3.63, 3.8) is 0 Å². The normalized spacial score (nSPS) is 12.6. The molecule has 3 nitrogen and oxygen atoms in total. The number of carbonyl (C=O) groups excluding carboxylic acids is 2. The zero-order valence-corrected chi connectivity index (χ0v) is 10.9. The number of carbonyl (C=O) groups is 2. The van der Waals surface area contributed by atoms with E-state index in [1.165, 1.54) is 0 Å². The molecule has 0 N–H and O–H groups in total. The highest BCUT2D eigenvalue weighted by Gasteiger charge is 2.18. The second-order valence-corrected chi connectivity index (χ2v) is 4.48. The van der Waals surface area contributed by atoms with E-state index in [9.17, 15) is 9.59 Å². The van der Waals surface area contributed by atoms with Gasteiger partial charge in [0.15, 0.2) is 0 Å². The third kappa shape index (κ3) is 6.59. The first-order valence-electron chi connectivity index (χ1n) is 6.23. The summed E-state index contributed by atoms with van der Waals surface area (Å²) in [6.07, 6.45) is 3.06. The SMILES string of the molecule is CCCC(=O)OC(CCC)CC(=O)C(C)C. The summed E-state index contributed by atoms with van der Waals surface area (Å²) in [5.74, 6) is 0.00416. The predicted octanol–water partition coefficient (Wildman–Crippen LogP) is 3.11. The van der Waals surface area contributed by atoms with Gasteiger partial charge in [0.25, 0.3) is 0 Å². The van der Waals surface area contributed by atoms with Crippen LogP contribution in [0.5, 0.6) is 0 Å². The lowest BCUT2D eigenvalue weighted by atomic mass is 10.0. The van der Waals surface area contributed by atoms with Crippen molar-refractivity contribution in [2.24, 2.45) is 5.92 Å². The summed E-state index contributed by atoms with van der Waals surface area (Å²) >= 11 is 0. The van der Waals surface area contributed by atoms with Gasteiger partial charge >= 0.3 is 5.97 Å². The number of hydrogen-bond acceptors (Lipinski definition) is 3. The Balaban J connectivity index is 4.16. The fourth-order valence-electron chi connectivity index (χ4n) is 1.43. The van der Waals surface area contributed by atoms with Crippen molar-refractivity contribution in [1.29, 1.82) is 0 Å². The summed E-state index contributed by atoms with van der Waals surface area (Å²) in [5, 5.41) is 0. The van der Waals surface area contributed by atoms with E-state index in [0.29, 0.717) is 12.8 Å². The van der Waals surface area contributed by atoms with E-state index < -0.39 is 0 Å². The van der Waals surface area contributed by atoms with Crippen LogP contribution in [0, 0.1) is 5.92 Å². The first-order chi connectivity index (χ1) is 7.51. The zero-order valence-electron chi connectivity index (χ0n) is 10.9. The molecule has 3 heteroatoms. The number of rotatable bonds is 8. The van der Waals surface area contributed by atoms with E-state index in [1.54, 1.807) is 0 Å². The fourth-order valence-corrected chi connectivity index (χ4v) is 1.43. The molecule has 0 fully saturated rings. The van der Waals surface area contributed by atoms with Gasteiger partial charge in [-0.3, -0.25) is 9.59 Å². The quantitative estimate of drug-likeness (QED) is 0.599. The molecule has 0 heterocycles. The van der Waals surface area contributed by atoms with Crippen molar-refractivity contribution in [2.45, 2.75) is 65.9 Å². The highest BCUT2D eigenvalue weighted by Crippen LogP contribution is 2.12. The Morgan fingerprint density at radius 3 is 2.19 bits per heavy atom. The Kier molecular flexibility index (Phi) is 7.86. The summed E-state index contributed by atoms with van der Waals surface area (Å²) in [4.78, 5) is 22.9. The number of ketones is 1. The Morgan fingerprint density at radius 1 is 1.12 bits per heavy atom. The summed E-state index contributed by atoms with van der Waals surface area (Å²) in [6.45, 7) is 7.72. The minimum Gasteiger partial charge on any atom is -0.462 e. The van der Waals surface area contributed by atoms with Crippen LogP contribution in [-0.4, -0.2) is 17.9 Å². The van der Waals surface area contributed by atoms with Crippen LogP contribution in [0.25, 0.3) is 0 Å². The molecule has 1 atom stereocenters. The van der Waals surface area contributed by atoms with Crippen molar-refractivity contribution >= 4 is 11.8 Å². The van der Waals surface area contributed by atoms with Gasteiger partial charge in [-0.15, -0.1) is 0 Å². The Hall–Kier alpha value is -0.860. The minimum absolute atomic E-state index is 0.0178. The molecule has 0 aromatic carbocycles. The van der Waals surface area contributed by atoms with Crippen LogP contribution in [0.3, 0.4) is 0 Å². The molecule has 1 unspecified atom stereocenters. The Labute approximate surface area is 98.6 Å². The lowest BCUT2D eigenvalue weighted by molar-refractivity contribution is -0.150. The van der Waals surface area contributed by atoms with E-state index in [0.717, 1.165) is 19.3 Å². The van der Waals surface area contributed by atoms with E-state index in [4.69, 9.17) is 4.74 Å². The molecule has 94 valence electrons. The highest BCUT2D eigenvalue weighted by molar-refractivity contribution is 5.81. The lowest BCUT2D eigenvalue weighted by Crippen LogP contribution is -2.23. The second-order valence-electron chi connectivity index (χ2n) is 4.48. The van der Waals surface area contributed by atoms with Crippen molar-refractivity contribution in [3.05, 3.63) is 0 Å². The van der Waals surface area contributed by atoms with E-state index in [2.05, 4.69) is 0 Å². The molecule has 0 aliphatic carbocycles. The number of Topliss-reactive ketones (excluding diaryl/α,β-unsaturated/α-hetero) is 1. The van der Waals surface area contributed by atoms with Gasteiger partial charge in [0, 0.05) is 18.8 Å². The molecule has 0 aliphatic rings. The third-order valence-corrected chi connectivity index (χ3v) is 2.44. The number of esters is 1. The molecule has 0 bridgehead atoms. The van der Waals surface area contributed by atoms with Gasteiger partial charge in [-0.25, -0.2) is 0 Å². The topological polar surface area (TPSA) is 43.4 Å². The van der Waals surface area contributed by atoms with Gasteiger partial charge < -0.3 is 4.74 Å². The first kappa shape index (κ1) is 15.1. The smallest absolute Gasteiger partial charge is 0.306 e. The van der Waals surface area contributed by atoms with Crippen LogP contribution >= 0.6 is 0 Å². The molecule has 0 amide bonds. The van der Waals surface area contributed by atoms with Gasteiger partial charge in [0.2, 0.25) is 0 Å². The molecule has 0 aliphatic heterocycles. The summed E-state index contributed by atoms with van der Waals surface area (Å²) < 4.78 is 5.29. The molecule has 0 aromatic heterocycles. The van der Waals surface area contributed by atoms with Gasteiger partial charge in [-0.2, -0.15) is 0 Å². The van der Waals surface area contributed by atoms with Crippen LogP contribution in [0.1, 0.15) is 59.8 Å². The standard InChI is InChI=1S/C13H24O3/c1-5-7-11(9-12(14)10(3)4)16-13(15)8-6-2/h10-11H,5-9H2,1-4H3. The van der Waals surface area contributed by atoms with E-state index in [-0.39, 0.29) is 23.8 Å². The molecular weight excluding hydrogens is 204 g/mol. The van der Waals surface area contributed by atoms with Crippen LogP contribution in [0.2, 0.25) is 0 Å². The van der Waals surface area contributed by atoms with Crippen LogP contribution < -0.4 is 0 Å². The second kappa shape index (κ2) is 8.31. The molecule has 0 radical (unpaired) electrons. The maximum absolute atomic E-state index is 11.6. The summed E-state index contributed by atoms with van der Waals surface area (Å²) in [6, 6.07) is 0. The first-order valence-corrected chi connectivity index (χ1v) is 6.23. The number of ether oxygens (including phenoxy) is 1. The molecular formula is C13H24O3.